The average molecular weight is 327 g/mol. The summed E-state index contributed by atoms with van der Waals surface area (Å²) in [4.78, 5) is 17.4. The predicted octanol–water partition coefficient (Wildman–Crippen LogP) is 5.05. The summed E-state index contributed by atoms with van der Waals surface area (Å²) in [6, 6.07) is 13.3. The van der Waals surface area contributed by atoms with Crippen molar-refractivity contribution in [3.63, 3.8) is 0 Å². The number of carbonyl (C=O) groups is 1. The van der Waals surface area contributed by atoms with Crippen LogP contribution in [0.4, 0.5) is 0 Å². The summed E-state index contributed by atoms with van der Waals surface area (Å²) in [5.41, 5.74) is 2.62. The maximum absolute atomic E-state index is 12.6. The first-order chi connectivity index (χ1) is 11.1. The number of likely N-dealkylation sites (tertiary alicyclic amines) is 1. The van der Waals surface area contributed by atoms with Gasteiger partial charge in [0.05, 0.1) is 6.04 Å². The summed E-state index contributed by atoms with van der Waals surface area (Å²) in [5, 5.41) is 0. The third-order valence-corrected chi connectivity index (χ3v) is 5.74. The summed E-state index contributed by atoms with van der Waals surface area (Å²) >= 11 is 1.83. The number of benzene rings is 1. The minimum atomic E-state index is 0.320. The summed E-state index contributed by atoms with van der Waals surface area (Å²) in [5.74, 6) is 0.325. The van der Waals surface area contributed by atoms with Crippen LogP contribution in [-0.4, -0.2) is 17.4 Å². The van der Waals surface area contributed by atoms with Crippen LogP contribution in [0.5, 0.6) is 0 Å². The van der Waals surface area contributed by atoms with Crippen molar-refractivity contribution in [2.45, 2.75) is 52.0 Å². The summed E-state index contributed by atoms with van der Waals surface area (Å²) in [6.07, 6.45) is 4.83. The lowest BCUT2D eigenvalue weighted by Gasteiger charge is -2.24. The fourth-order valence-electron chi connectivity index (χ4n) is 3.34. The highest BCUT2D eigenvalue weighted by atomic mass is 32.1. The Hall–Kier alpha value is -1.61. The molecule has 1 amide bonds. The molecule has 0 spiro atoms. The Morgan fingerprint density at radius 3 is 2.65 bits per heavy atom. The largest absolute Gasteiger partial charge is 0.335 e. The van der Waals surface area contributed by atoms with Crippen molar-refractivity contribution in [1.82, 2.24) is 4.90 Å². The molecule has 0 bridgehead atoms. The zero-order chi connectivity index (χ0) is 16.2. The van der Waals surface area contributed by atoms with Gasteiger partial charge in [0.25, 0.3) is 0 Å². The molecule has 1 aliphatic heterocycles. The van der Waals surface area contributed by atoms with E-state index in [9.17, 15) is 4.79 Å². The zero-order valence-electron chi connectivity index (χ0n) is 14.0. The molecule has 1 fully saturated rings. The Bertz CT molecular complexity index is 659. The first-order valence-electron chi connectivity index (χ1n) is 8.55. The van der Waals surface area contributed by atoms with Crippen LogP contribution < -0.4 is 0 Å². The quantitative estimate of drug-likeness (QED) is 0.752. The van der Waals surface area contributed by atoms with Crippen LogP contribution in [0.15, 0.2) is 36.4 Å². The van der Waals surface area contributed by atoms with E-state index in [0.717, 1.165) is 32.2 Å². The van der Waals surface area contributed by atoms with Crippen LogP contribution in [0.2, 0.25) is 0 Å². The van der Waals surface area contributed by atoms with E-state index in [4.69, 9.17) is 0 Å². The smallest absolute Gasteiger partial charge is 0.223 e. The summed E-state index contributed by atoms with van der Waals surface area (Å²) in [7, 11) is 0. The van der Waals surface area contributed by atoms with Crippen molar-refractivity contribution in [3.05, 3.63) is 57.3 Å². The third kappa shape index (κ3) is 4.03. The Morgan fingerprint density at radius 1 is 1.17 bits per heavy atom. The number of aryl methyl sites for hydroxylation is 3. The minimum Gasteiger partial charge on any atom is -0.335 e. The van der Waals surface area contributed by atoms with Crippen molar-refractivity contribution in [1.29, 1.82) is 0 Å². The van der Waals surface area contributed by atoms with Gasteiger partial charge in [-0.15, -0.1) is 11.3 Å². The van der Waals surface area contributed by atoms with Crippen LogP contribution >= 0.6 is 11.3 Å². The second-order valence-corrected chi connectivity index (χ2v) is 7.85. The molecule has 0 saturated carbocycles. The maximum Gasteiger partial charge on any atom is 0.223 e. The molecule has 2 aromatic rings. The number of thiophene rings is 1. The van der Waals surface area contributed by atoms with Gasteiger partial charge in [-0.1, -0.05) is 29.8 Å². The molecule has 23 heavy (non-hydrogen) atoms. The molecule has 0 N–H and O–H groups in total. The highest BCUT2D eigenvalue weighted by Gasteiger charge is 2.30. The Morgan fingerprint density at radius 2 is 1.96 bits per heavy atom. The second kappa shape index (κ2) is 7.31. The number of rotatable bonds is 5. The molecule has 1 atom stereocenters. The molecule has 122 valence electrons. The molecule has 1 unspecified atom stereocenters. The van der Waals surface area contributed by atoms with Gasteiger partial charge in [0.15, 0.2) is 0 Å². The normalized spacial score (nSPS) is 17.7. The summed E-state index contributed by atoms with van der Waals surface area (Å²) in [6.45, 7) is 5.16. The first-order valence-corrected chi connectivity index (χ1v) is 9.36. The first kappa shape index (κ1) is 16.3. The molecule has 1 aliphatic rings. The topological polar surface area (TPSA) is 20.3 Å². The fraction of sp³-hybridized carbons (Fsp3) is 0.450. The van der Waals surface area contributed by atoms with Crippen LogP contribution in [0.25, 0.3) is 0 Å². The molecule has 3 rings (SSSR count). The molecule has 3 heteroatoms. The lowest BCUT2D eigenvalue weighted by Crippen LogP contribution is -2.30. The van der Waals surface area contributed by atoms with Crippen molar-refractivity contribution in [2.75, 3.05) is 6.54 Å². The standard InChI is InChI=1S/C20H25NOS/c1-15-8-11-17(12-9-15)5-3-7-20(22)21-14-4-6-18(21)19-13-10-16(2)23-19/h8-13,18H,3-7,14H2,1-2H3. The van der Waals surface area contributed by atoms with Crippen molar-refractivity contribution in [3.8, 4) is 0 Å². The monoisotopic (exact) mass is 327 g/mol. The zero-order valence-corrected chi connectivity index (χ0v) is 14.9. The van der Waals surface area contributed by atoms with E-state index in [2.05, 4.69) is 55.1 Å². The van der Waals surface area contributed by atoms with Gasteiger partial charge >= 0.3 is 0 Å². The van der Waals surface area contributed by atoms with Crippen LogP contribution in [0, 0.1) is 13.8 Å². The number of amides is 1. The highest BCUT2D eigenvalue weighted by molar-refractivity contribution is 7.12. The Balaban J connectivity index is 1.54. The molecule has 2 heterocycles. The van der Waals surface area contributed by atoms with Gasteiger partial charge in [0.2, 0.25) is 5.91 Å². The molecule has 1 aromatic carbocycles. The fourth-order valence-corrected chi connectivity index (χ4v) is 4.36. The van der Waals surface area contributed by atoms with E-state index in [1.54, 1.807) is 0 Å². The average Bonchev–Trinajstić information content (AvgIpc) is 3.17. The van der Waals surface area contributed by atoms with Crippen LogP contribution in [-0.2, 0) is 11.2 Å². The molecule has 2 nitrogen and oxygen atoms in total. The lowest BCUT2D eigenvalue weighted by atomic mass is 10.1. The van der Waals surface area contributed by atoms with Crippen molar-refractivity contribution in [2.24, 2.45) is 0 Å². The lowest BCUT2D eigenvalue weighted by molar-refractivity contribution is -0.132. The molecule has 0 aliphatic carbocycles. The molecular weight excluding hydrogens is 302 g/mol. The second-order valence-electron chi connectivity index (χ2n) is 6.53. The predicted molar refractivity (Wildman–Crippen MR) is 96.9 cm³/mol. The number of nitrogens with zero attached hydrogens (tertiary/aromatic N) is 1. The Kier molecular flexibility index (Phi) is 5.16. The number of hydrogen-bond acceptors (Lipinski definition) is 2. The van der Waals surface area contributed by atoms with E-state index in [1.807, 2.05) is 11.3 Å². The maximum atomic E-state index is 12.6. The van der Waals surface area contributed by atoms with Crippen molar-refractivity contribution < 1.29 is 4.79 Å². The van der Waals surface area contributed by atoms with Gasteiger partial charge in [-0.25, -0.2) is 0 Å². The highest BCUT2D eigenvalue weighted by Crippen LogP contribution is 2.36. The summed E-state index contributed by atoms with van der Waals surface area (Å²) < 4.78 is 0. The number of carbonyl (C=O) groups excluding carboxylic acids is 1. The SMILES string of the molecule is Cc1ccc(CCCC(=O)N2CCCC2c2ccc(C)s2)cc1. The van der Waals surface area contributed by atoms with E-state index in [0.29, 0.717) is 18.4 Å². The molecule has 1 saturated heterocycles. The molecule has 0 radical (unpaired) electrons. The van der Waals surface area contributed by atoms with E-state index in [-0.39, 0.29) is 0 Å². The van der Waals surface area contributed by atoms with Gasteiger partial charge in [-0.3, -0.25) is 4.79 Å². The van der Waals surface area contributed by atoms with Crippen LogP contribution in [0.3, 0.4) is 0 Å². The molecule has 1 aromatic heterocycles. The van der Waals surface area contributed by atoms with Gasteiger partial charge in [-0.05, 0) is 57.2 Å². The minimum absolute atomic E-state index is 0.320. The van der Waals surface area contributed by atoms with Gasteiger partial charge in [-0.2, -0.15) is 0 Å². The van der Waals surface area contributed by atoms with Crippen molar-refractivity contribution >= 4 is 17.2 Å². The van der Waals surface area contributed by atoms with Gasteiger partial charge in [0.1, 0.15) is 0 Å². The molecular formula is C20H25NOS. The number of hydrogen-bond donors (Lipinski definition) is 0. The van der Waals surface area contributed by atoms with Gasteiger partial charge < -0.3 is 4.90 Å². The van der Waals surface area contributed by atoms with E-state index < -0.39 is 0 Å². The van der Waals surface area contributed by atoms with E-state index >= 15 is 0 Å². The van der Waals surface area contributed by atoms with Gasteiger partial charge in [0, 0.05) is 22.7 Å². The Labute approximate surface area is 143 Å². The van der Waals surface area contributed by atoms with Crippen LogP contribution in [0.1, 0.15) is 52.6 Å². The van der Waals surface area contributed by atoms with E-state index in [1.165, 1.54) is 20.9 Å². The third-order valence-electron chi connectivity index (χ3n) is 4.64.